The van der Waals surface area contributed by atoms with Crippen molar-refractivity contribution in [2.45, 2.75) is 20.3 Å². The van der Waals surface area contributed by atoms with E-state index in [0.29, 0.717) is 22.0 Å². The van der Waals surface area contributed by atoms with Crippen LogP contribution >= 0.6 is 11.6 Å². The predicted octanol–water partition coefficient (Wildman–Crippen LogP) is 4.28. The Hall–Kier alpha value is -2.33. The summed E-state index contributed by atoms with van der Waals surface area (Å²) in [5, 5.41) is 8.31. The fourth-order valence-electron chi connectivity index (χ4n) is 2.26. The van der Waals surface area contributed by atoms with E-state index in [0.717, 1.165) is 16.5 Å². The molecule has 3 aromatic rings. The van der Waals surface area contributed by atoms with E-state index in [1.807, 2.05) is 44.2 Å². The summed E-state index contributed by atoms with van der Waals surface area (Å²) in [5.74, 6) is -0.156. The molecular weight excluding hydrogens is 300 g/mol. The van der Waals surface area contributed by atoms with Crippen LogP contribution in [0.5, 0.6) is 0 Å². The molecule has 0 aliphatic carbocycles. The van der Waals surface area contributed by atoms with Crippen molar-refractivity contribution in [3.63, 3.8) is 0 Å². The van der Waals surface area contributed by atoms with E-state index in [1.54, 1.807) is 6.07 Å². The van der Waals surface area contributed by atoms with Gasteiger partial charge in [0.25, 0.3) is 0 Å². The van der Waals surface area contributed by atoms with Gasteiger partial charge in [-0.25, -0.2) is 0 Å². The van der Waals surface area contributed by atoms with Crippen molar-refractivity contribution in [2.75, 3.05) is 5.32 Å². The number of halogens is 1. The standard InChI is InChI=1S/C17H15ClN2O2/c1-10-3-6-16-13(7-10)15(20-22-16)9-17(21)19-12-5-4-11(2)14(18)8-12/h3-8H,9H2,1-2H3,(H,19,21). The zero-order chi connectivity index (χ0) is 15.7. The number of hydrogen-bond donors (Lipinski definition) is 1. The van der Waals surface area contributed by atoms with E-state index in [1.165, 1.54) is 0 Å². The Balaban J connectivity index is 1.78. The first kappa shape index (κ1) is 14.6. The first-order valence-electron chi connectivity index (χ1n) is 6.94. The van der Waals surface area contributed by atoms with E-state index >= 15 is 0 Å². The Morgan fingerprint density at radius 1 is 1.23 bits per heavy atom. The van der Waals surface area contributed by atoms with E-state index in [9.17, 15) is 4.79 Å². The van der Waals surface area contributed by atoms with Gasteiger partial charge in [0.05, 0.1) is 6.42 Å². The predicted molar refractivity (Wildman–Crippen MR) is 87.3 cm³/mol. The van der Waals surface area contributed by atoms with Crippen LogP contribution in [0.3, 0.4) is 0 Å². The lowest BCUT2D eigenvalue weighted by Gasteiger charge is -2.06. The van der Waals surface area contributed by atoms with Gasteiger partial charge in [0.15, 0.2) is 5.58 Å². The third-order valence-corrected chi connectivity index (χ3v) is 3.89. The van der Waals surface area contributed by atoms with Crippen molar-refractivity contribution in [3.05, 3.63) is 58.2 Å². The van der Waals surface area contributed by atoms with Crippen LogP contribution in [-0.4, -0.2) is 11.1 Å². The average molecular weight is 315 g/mol. The van der Waals surface area contributed by atoms with Crippen LogP contribution < -0.4 is 5.32 Å². The van der Waals surface area contributed by atoms with E-state index in [2.05, 4.69) is 10.5 Å². The number of anilines is 1. The molecular formula is C17H15ClN2O2. The van der Waals surface area contributed by atoms with Crippen molar-refractivity contribution in [3.8, 4) is 0 Å². The molecule has 0 aliphatic heterocycles. The fraction of sp³-hybridized carbons (Fsp3) is 0.176. The molecule has 0 fully saturated rings. The van der Waals surface area contributed by atoms with E-state index < -0.39 is 0 Å². The van der Waals surface area contributed by atoms with Crippen molar-refractivity contribution in [2.24, 2.45) is 0 Å². The zero-order valence-electron chi connectivity index (χ0n) is 12.3. The van der Waals surface area contributed by atoms with Crippen LogP contribution in [0.4, 0.5) is 5.69 Å². The largest absolute Gasteiger partial charge is 0.356 e. The second-order valence-electron chi connectivity index (χ2n) is 5.32. The molecule has 0 aliphatic rings. The van der Waals surface area contributed by atoms with Crippen LogP contribution in [0.25, 0.3) is 11.0 Å². The van der Waals surface area contributed by atoms with Crippen LogP contribution in [0.15, 0.2) is 40.9 Å². The monoisotopic (exact) mass is 314 g/mol. The van der Waals surface area contributed by atoms with Crippen LogP contribution in [-0.2, 0) is 11.2 Å². The average Bonchev–Trinajstić information content (AvgIpc) is 2.85. The lowest BCUT2D eigenvalue weighted by molar-refractivity contribution is -0.115. The molecule has 112 valence electrons. The summed E-state index contributed by atoms with van der Waals surface area (Å²) in [5.41, 5.74) is 4.06. The van der Waals surface area contributed by atoms with Gasteiger partial charge in [-0.1, -0.05) is 34.5 Å². The highest BCUT2D eigenvalue weighted by atomic mass is 35.5. The summed E-state index contributed by atoms with van der Waals surface area (Å²) < 4.78 is 5.24. The lowest BCUT2D eigenvalue weighted by Crippen LogP contribution is -2.14. The molecule has 2 aromatic carbocycles. The Morgan fingerprint density at radius 3 is 2.82 bits per heavy atom. The molecule has 0 saturated carbocycles. The summed E-state index contributed by atoms with van der Waals surface area (Å²) >= 11 is 6.06. The first-order valence-corrected chi connectivity index (χ1v) is 7.31. The van der Waals surface area contributed by atoms with Crippen LogP contribution in [0.1, 0.15) is 16.8 Å². The van der Waals surface area contributed by atoms with Gasteiger partial charge < -0.3 is 9.84 Å². The number of amides is 1. The quantitative estimate of drug-likeness (QED) is 0.785. The number of nitrogens with one attached hydrogen (secondary N) is 1. The van der Waals surface area contributed by atoms with Gasteiger partial charge in [-0.3, -0.25) is 4.79 Å². The maximum atomic E-state index is 12.2. The smallest absolute Gasteiger partial charge is 0.230 e. The Kier molecular flexibility index (Phi) is 3.86. The second-order valence-corrected chi connectivity index (χ2v) is 5.72. The molecule has 1 amide bonds. The van der Waals surface area contributed by atoms with Crippen molar-refractivity contribution < 1.29 is 9.32 Å². The molecule has 4 nitrogen and oxygen atoms in total. The SMILES string of the molecule is Cc1ccc2onc(CC(=O)Nc3ccc(C)c(Cl)c3)c2c1. The number of carbonyl (C=O) groups is 1. The highest BCUT2D eigenvalue weighted by molar-refractivity contribution is 6.31. The molecule has 0 atom stereocenters. The molecule has 0 unspecified atom stereocenters. The maximum Gasteiger partial charge on any atom is 0.230 e. The molecule has 0 spiro atoms. The maximum absolute atomic E-state index is 12.2. The number of fused-ring (bicyclic) bond motifs is 1. The molecule has 22 heavy (non-hydrogen) atoms. The Morgan fingerprint density at radius 2 is 2.05 bits per heavy atom. The second kappa shape index (κ2) is 5.81. The minimum atomic E-state index is -0.156. The molecule has 0 radical (unpaired) electrons. The third-order valence-electron chi connectivity index (χ3n) is 3.48. The highest BCUT2D eigenvalue weighted by Gasteiger charge is 2.13. The third kappa shape index (κ3) is 2.97. The summed E-state index contributed by atoms with van der Waals surface area (Å²) in [6.45, 7) is 3.91. The molecule has 1 N–H and O–H groups in total. The summed E-state index contributed by atoms with van der Waals surface area (Å²) in [4.78, 5) is 12.2. The number of aryl methyl sites for hydroxylation is 2. The summed E-state index contributed by atoms with van der Waals surface area (Å²) in [6.07, 6.45) is 0.155. The summed E-state index contributed by atoms with van der Waals surface area (Å²) in [6, 6.07) is 11.2. The normalized spacial score (nSPS) is 10.9. The Labute approximate surface area is 133 Å². The van der Waals surface area contributed by atoms with Gasteiger partial charge >= 0.3 is 0 Å². The summed E-state index contributed by atoms with van der Waals surface area (Å²) in [7, 11) is 0. The van der Waals surface area contributed by atoms with E-state index in [4.69, 9.17) is 16.1 Å². The van der Waals surface area contributed by atoms with Crippen molar-refractivity contribution in [1.29, 1.82) is 0 Å². The fourth-order valence-corrected chi connectivity index (χ4v) is 2.44. The van der Waals surface area contributed by atoms with Gasteiger partial charge in [-0.15, -0.1) is 0 Å². The highest BCUT2D eigenvalue weighted by Crippen LogP contribution is 2.22. The van der Waals surface area contributed by atoms with Crippen molar-refractivity contribution in [1.82, 2.24) is 5.16 Å². The van der Waals surface area contributed by atoms with Crippen molar-refractivity contribution >= 4 is 34.2 Å². The molecule has 3 rings (SSSR count). The van der Waals surface area contributed by atoms with Gasteiger partial charge in [-0.05, 0) is 43.7 Å². The number of nitrogens with zero attached hydrogens (tertiary/aromatic N) is 1. The molecule has 5 heteroatoms. The molecule has 0 saturated heterocycles. The number of aromatic nitrogens is 1. The molecule has 1 heterocycles. The number of carbonyl (C=O) groups excluding carboxylic acids is 1. The van der Waals surface area contributed by atoms with Gasteiger partial charge in [-0.2, -0.15) is 0 Å². The van der Waals surface area contributed by atoms with Gasteiger partial charge in [0.1, 0.15) is 5.69 Å². The topological polar surface area (TPSA) is 55.1 Å². The minimum absolute atomic E-state index is 0.155. The van der Waals surface area contributed by atoms with Gasteiger partial charge in [0, 0.05) is 16.1 Å². The van der Waals surface area contributed by atoms with E-state index in [-0.39, 0.29) is 12.3 Å². The first-order chi connectivity index (χ1) is 10.5. The van der Waals surface area contributed by atoms with Gasteiger partial charge in [0.2, 0.25) is 5.91 Å². The number of hydrogen-bond acceptors (Lipinski definition) is 3. The Bertz CT molecular complexity index is 855. The number of rotatable bonds is 3. The van der Waals surface area contributed by atoms with Crippen LogP contribution in [0, 0.1) is 13.8 Å². The minimum Gasteiger partial charge on any atom is -0.356 e. The lowest BCUT2D eigenvalue weighted by atomic mass is 10.1. The number of benzene rings is 2. The van der Waals surface area contributed by atoms with Crippen LogP contribution in [0.2, 0.25) is 5.02 Å². The molecule has 0 bridgehead atoms. The zero-order valence-corrected chi connectivity index (χ0v) is 13.1. The molecule has 1 aromatic heterocycles.